The third-order valence-corrected chi connectivity index (χ3v) is 4.07. The van der Waals surface area contributed by atoms with Crippen molar-refractivity contribution in [2.24, 2.45) is 0 Å². The van der Waals surface area contributed by atoms with Gasteiger partial charge in [0.2, 0.25) is 0 Å². The number of hydrogen-bond acceptors (Lipinski definition) is 1. The van der Waals surface area contributed by atoms with Crippen molar-refractivity contribution in [1.29, 1.82) is 0 Å². The molecule has 2 N–H and O–H groups in total. The van der Waals surface area contributed by atoms with Crippen molar-refractivity contribution < 1.29 is 0 Å². The van der Waals surface area contributed by atoms with Gasteiger partial charge in [0.1, 0.15) is 0 Å². The number of nitrogens with one attached hydrogen (secondary N) is 2. The van der Waals surface area contributed by atoms with Gasteiger partial charge in [-0.25, -0.2) is 0 Å². The van der Waals surface area contributed by atoms with E-state index in [-0.39, 0.29) is 0 Å². The summed E-state index contributed by atoms with van der Waals surface area (Å²) in [7, 11) is 0. The van der Waals surface area contributed by atoms with Crippen LogP contribution in [0.15, 0.2) is 42.6 Å². The fourth-order valence-corrected chi connectivity index (χ4v) is 2.63. The van der Waals surface area contributed by atoms with E-state index in [1.54, 1.807) is 0 Å². The lowest BCUT2D eigenvalue weighted by Gasteiger charge is -2.10. The van der Waals surface area contributed by atoms with Crippen molar-refractivity contribution in [2.45, 2.75) is 13.5 Å². The highest BCUT2D eigenvalue weighted by molar-refractivity contribution is 6.35. The Balaban J connectivity index is 1.80. The largest absolute Gasteiger partial charge is 0.380 e. The average Bonchev–Trinajstić information content (AvgIpc) is 2.89. The van der Waals surface area contributed by atoms with E-state index in [4.69, 9.17) is 23.2 Å². The Morgan fingerprint density at radius 1 is 1.05 bits per heavy atom. The third kappa shape index (κ3) is 2.62. The molecule has 2 nitrogen and oxygen atoms in total. The predicted molar refractivity (Wildman–Crippen MR) is 86.8 cm³/mol. The summed E-state index contributed by atoms with van der Waals surface area (Å²) in [5.74, 6) is 0. The summed E-state index contributed by atoms with van der Waals surface area (Å²) in [5.41, 5.74) is 4.16. The summed E-state index contributed by atoms with van der Waals surface area (Å²) in [5, 5.41) is 5.94. The van der Waals surface area contributed by atoms with Gasteiger partial charge in [-0.3, -0.25) is 0 Å². The molecule has 3 aromatic rings. The molecule has 0 aliphatic rings. The minimum absolute atomic E-state index is 0.688. The molecule has 4 heteroatoms. The normalized spacial score (nSPS) is 10.9. The van der Waals surface area contributed by atoms with E-state index in [1.807, 2.05) is 25.3 Å². The molecule has 0 fully saturated rings. The van der Waals surface area contributed by atoms with Gasteiger partial charge in [0, 0.05) is 23.3 Å². The predicted octanol–water partition coefficient (Wildman–Crippen LogP) is 5.40. The number of anilines is 1. The first-order chi connectivity index (χ1) is 9.63. The van der Waals surface area contributed by atoms with Gasteiger partial charge >= 0.3 is 0 Å². The maximum absolute atomic E-state index is 6.22. The number of halogens is 2. The number of aromatic nitrogens is 1. The number of aromatic amines is 1. The maximum atomic E-state index is 6.22. The number of rotatable bonds is 3. The second kappa shape index (κ2) is 5.39. The lowest BCUT2D eigenvalue weighted by molar-refractivity contribution is 1.15. The van der Waals surface area contributed by atoms with Crippen molar-refractivity contribution >= 4 is 39.8 Å². The third-order valence-electron chi connectivity index (χ3n) is 3.35. The van der Waals surface area contributed by atoms with Crippen LogP contribution in [0.2, 0.25) is 10.0 Å². The van der Waals surface area contributed by atoms with Crippen LogP contribution >= 0.6 is 23.2 Å². The number of aryl methyl sites for hydroxylation is 1. The zero-order valence-electron chi connectivity index (χ0n) is 11.0. The quantitative estimate of drug-likeness (QED) is 0.666. The molecule has 2 aromatic carbocycles. The van der Waals surface area contributed by atoms with Crippen LogP contribution in [0.5, 0.6) is 0 Å². The van der Waals surface area contributed by atoms with Crippen LogP contribution in [0.25, 0.3) is 10.9 Å². The van der Waals surface area contributed by atoms with Crippen molar-refractivity contribution in [3.8, 4) is 0 Å². The Bertz CT molecular complexity index is 762. The maximum Gasteiger partial charge on any atom is 0.0641 e. The van der Waals surface area contributed by atoms with Crippen LogP contribution < -0.4 is 5.32 Å². The summed E-state index contributed by atoms with van der Waals surface area (Å²) < 4.78 is 0. The molecule has 0 amide bonds. The lowest BCUT2D eigenvalue weighted by Crippen LogP contribution is -2.00. The number of hydrogen-bond donors (Lipinski definition) is 2. The molecule has 20 heavy (non-hydrogen) atoms. The Labute approximate surface area is 127 Å². The van der Waals surface area contributed by atoms with E-state index in [0.717, 1.165) is 21.8 Å². The first-order valence-electron chi connectivity index (χ1n) is 6.39. The molecule has 0 saturated heterocycles. The van der Waals surface area contributed by atoms with E-state index in [1.165, 1.54) is 10.9 Å². The molecule has 0 spiro atoms. The van der Waals surface area contributed by atoms with Gasteiger partial charge < -0.3 is 10.3 Å². The topological polar surface area (TPSA) is 27.8 Å². The van der Waals surface area contributed by atoms with Crippen LogP contribution in [-0.2, 0) is 6.54 Å². The SMILES string of the molecule is Cc1cc(Cl)c(NCc2ccc3cc[nH]c3c2)cc1Cl. The monoisotopic (exact) mass is 304 g/mol. The molecule has 0 bridgehead atoms. The Morgan fingerprint density at radius 2 is 1.90 bits per heavy atom. The van der Waals surface area contributed by atoms with Crippen molar-refractivity contribution in [1.82, 2.24) is 4.98 Å². The van der Waals surface area contributed by atoms with Crippen LogP contribution in [0.4, 0.5) is 5.69 Å². The van der Waals surface area contributed by atoms with Gasteiger partial charge in [0.25, 0.3) is 0 Å². The zero-order valence-corrected chi connectivity index (χ0v) is 12.5. The fraction of sp³-hybridized carbons (Fsp3) is 0.125. The highest BCUT2D eigenvalue weighted by Gasteiger charge is 2.05. The molecule has 102 valence electrons. The summed E-state index contributed by atoms with van der Waals surface area (Å²) in [4.78, 5) is 3.21. The second-order valence-corrected chi connectivity index (χ2v) is 5.65. The zero-order chi connectivity index (χ0) is 14.1. The van der Waals surface area contributed by atoms with Crippen LogP contribution in [0, 0.1) is 6.92 Å². The molecule has 0 aliphatic carbocycles. The van der Waals surface area contributed by atoms with E-state index in [9.17, 15) is 0 Å². The van der Waals surface area contributed by atoms with Crippen molar-refractivity contribution in [3.05, 3.63) is 63.8 Å². The van der Waals surface area contributed by atoms with Crippen LogP contribution in [0.3, 0.4) is 0 Å². The first-order valence-corrected chi connectivity index (χ1v) is 7.14. The molecular weight excluding hydrogens is 291 g/mol. The van der Waals surface area contributed by atoms with Gasteiger partial charge in [-0.1, -0.05) is 35.3 Å². The van der Waals surface area contributed by atoms with Gasteiger partial charge in [-0.05, 0) is 47.7 Å². The summed E-state index contributed by atoms with van der Waals surface area (Å²) in [6.45, 7) is 2.64. The lowest BCUT2D eigenvalue weighted by atomic mass is 10.1. The Hall–Kier alpha value is -1.64. The first kappa shape index (κ1) is 13.3. The van der Waals surface area contributed by atoms with Gasteiger partial charge in [0.15, 0.2) is 0 Å². The van der Waals surface area contributed by atoms with E-state index < -0.39 is 0 Å². The van der Waals surface area contributed by atoms with Gasteiger partial charge in [-0.15, -0.1) is 0 Å². The molecule has 0 atom stereocenters. The van der Waals surface area contributed by atoms with Crippen LogP contribution in [-0.4, -0.2) is 4.98 Å². The van der Waals surface area contributed by atoms with E-state index in [0.29, 0.717) is 11.6 Å². The highest BCUT2D eigenvalue weighted by Crippen LogP contribution is 2.29. The second-order valence-electron chi connectivity index (χ2n) is 4.83. The number of H-pyrrole nitrogens is 1. The molecule has 0 unspecified atom stereocenters. The van der Waals surface area contributed by atoms with Gasteiger partial charge in [0.05, 0.1) is 10.7 Å². The smallest absolute Gasteiger partial charge is 0.0641 e. The molecule has 0 saturated carbocycles. The van der Waals surface area contributed by atoms with Crippen LogP contribution in [0.1, 0.15) is 11.1 Å². The molecule has 1 aromatic heterocycles. The van der Waals surface area contributed by atoms with Crippen molar-refractivity contribution in [3.63, 3.8) is 0 Å². The summed E-state index contributed by atoms with van der Waals surface area (Å²) in [6.07, 6.45) is 1.94. The molecule has 3 rings (SSSR count). The van der Waals surface area contributed by atoms with E-state index in [2.05, 4.69) is 34.6 Å². The summed E-state index contributed by atoms with van der Waals surface area (Å²) in [6, 6.07) is 12.1. The van der Waals surface area contributed by atoms with Gasteiger partial charge in [-0.2, -0.15) is 0 Å². The summed E-state index contributed by atoms with van der Waals surface area (Å²) >= 11 is 12.3. The fourth-order valence-electron chi connectivity index (χ4n) is 2.18. The standard InChI is InChI=1S/C16H14Cl2N2/c1-10-6-14(18)16(8-13(10)17)20-9-11-2-3-12-4-5-19-15(12)7-11/h2-8,19-20H,9H2,1H3. The van der Waals surface area contributed by atoms with E-state index >= 15 is 0 Å². The number of benzene rings is 2. The molecule has 0 aliphatic heterocycles. The Kier molecular flexibility index (Phi) is 3.60. The molecule has 1 heterocycles. The minimum atomic E-state index is 0.688. The Morgan fingerprint density at radius 3 is 2.75 bits per heavy atom. The molecule has 0 radical (unpaired) electrons. The highest BCUT2D eigenvalue weighted by atomic mass is 35.5. The minimum Gasteiger partial charge on any atom is -0.380 e. The molecular formula is C16H14Cl2N2. The van der Waals surface area contributed by atoms with Crippen molar-refractivity contribution in [2.75, 3.05) is 5.32 Å². The number of fused-ring (bicyclic) bond motifs is 1. The average molecular weight is 305 g/mol.